The van der Waals surface area contributed by atoms with E-state index in [1.54, 1.807) is 6.92 Å². The van der Waals surface area contributed by atoms with Crippen LogP contribution in [0.3, 0.4) is 0 Å². The Hall–Kier alpha value is -2.14. The zero-order valence-corrected chi connectivity index (χ0v) is 11.7. The number of aliphatic carboxylic acids is 1. The number of para-hydroxylation sites is 1. The molecule has 1 atom stereocenters. The molecule has 1 heterocycles. The highest BCUT2D eigenvalue weighted by atomic mass is 16.4. The Kier molecular flexibility index (Phi) is 4.53. The molecule has 1 unspecified atom stereocenters. The van der Waals surface area contributed by atoms with E-state index in [1.807, 2.05) is 59.4 Å². The smallest absolute Gasteiger partial charge is 0.307 e. The Labute approximate surface area is 118 Å². The van der Waals surface area contributed by atoms with E-state index in [0.717, 1.165) is 11.3 Å². The van der Waals surface area contributed by atoms with Crippen LogP contribution in [-0.4, -0.2) is 39.3 Å². The van der Waals surface area contributed by atoms with Crippen LogP contribution in [0.25, 0.3) is 5.69 Å². The summed E-state index contributed by atoms with van der Waals surface area (Å²) in [5, 5.41) is 13.2. The molecule has 1 aromatic heterocycles. The van der Waals surface area contributed by atoms with Crippen LogP contribution in [0.1, 0.15) is 12.5 Å². The first kappa shape index (κ1) is 14.3. The van der Waals surface area contributed by atoms with Crippen molar-refractivity contribution < 1.29 is 9.90 Å². The minimum atomic E-state index is -0.767. The fourth-order valence-electron chi connectivity index (χ4n) is 2.09. The standard InChI is InChI=1S/C15H19N3O2/c1-12(15(19)20)9-17(2)10-13-8-16-18(11-13)14-6-4-3-5-7-14/h3-8,11-12H,9-10H2,1-2H3,(H,19,20). The highest BCUT2D eigenvalue weighted by molar-refractivity contribution is 5.69. The van der Waals surface area contributed by atoms with Crippen LogP contribution in [-0.2, 0) is 11.3 Å². The van der Waals surface area contributed by atoms with E-state index in [0.29, 0.717) is 13.1 Å². The zero-order chi connectivity index (χ0) is 14.5. The number of hydrogen-bond donors (Lipinski definition) is 1. The summed E-state index contributed by atoms with van der Waals surface area (Å²) in [5.74, 6) is -1.14. The van der Waals surface area contributed by atoms with Crippen LogP contribution >= 0.6 is 0 Å². The first-order valence-corrected chi connectivity index (χ1v) is 6.56. The van der Waals surface area contributed by atoms with Gasteiger partial charge in [0, 0.05) is 24.8 Å². The van der Waals surface area contributed by atoms with E-state index >= 15 is 0 Å². The van der Waals surface area contributed by atoms with Gasteiger partial charge in [-0.15, -0.1) is 0 Å². The molecule has 0 aliphatic heterocycles. The Balaban J connectivity index is 1.98. The van der Waals surface area contributed by atoms with Crippen molar-refractivity contribution in [1.82, 2.24) is 14.7 Å². The summed E-state index contributed by atoms with van der Waals surface area (Å²) in [6, 6.07) is 9.89. The zero-order valence-electron chi connectivity index (χ0n) is 11.7. The first-order valence-electron chi connectivity index (χ1n) is 6.56. The van der Waals surface area contributed by atoms with Crippen molar-refractivity contribution in [2.24, 2.45) is 5.92 Å². The molecule has 0 aliphatic rings. The van der Waals surface area contributed by atoms with Gasteiger partial charge in [0.05, 0.1) is 17.8 Å². The van der Waals surface area contributed by atoms with Crippen molar-refractivity contribution in [3.63, 3.8) is 0 Å². The first-order chi connectivity index (χ1) is 9.56. The van der Waals surface area contributed by atoms with Crippen LogP contribution in [0.4, 0.5) is 0 Å². The maximum atomic E-state index is 10.8. The summed E-state index contributed by atoms with van der Waals surface area (Å²) in [4.78, 5) is 12.8. The quantitative estimate of drug-likeness (QED) is 0.875. The fourth-order valence-corrected chi connectivity index (χ4v) is 2.09. The summed E-state index contributed by atoms with van der Waals surface area (Å²) in [6.07, 6.45) is 3.78. The minimum absolute atomic E-state index is 0.371. The molecular weight excluding hydrogens is 254 g/mol. The number of benzene rings is 1. The van der Waals surface area contributed by atoms with Gasteiger partial charge in [-0.1, -0.05) is 25.1 Å². The van der Waals surface area contributed by atoms with E-state index in [2.05, 4.69) is 5.10 Å². The summed E-state index contributed by atoms with van der Waals surface area (Å²) in [6.45, 7) is 2.92. The summed E-state index contributed by atoms with van der Waals surface area (Å²) >= 11 is 0. The maximum absolute atomic E-state index is 10.8. The Morgan fingerprint density at radius 3 is 2.75 bits per heavy atom. The van der Waals surface area contributed by atoms with Gasteiger partial charge in [-0.3, -0.25) is 4.79 Å². The molecule has 0 bridgehead atoms. The number of nitrogens with zero attached hydrogens (tertiary/aromatic N) is 3. The molecule has 0 amide bonds. The second-order valence-corrected chi connectivity index (χ2v) is 5.06. The van der Waals surface area contributed by atoms with E-state index in [1.165, 1.54) is 0 Å². The summed E-state index contributed by atoms with van der Waals surface area (Å²) < 4.78 is 1.82. The fraction of sp³-hybridized carbons (Fsp3) is 0.333. The van der Waals surface area contributed by atoms with Gasteiger partial charge in [0.25, 0.3) is 0 Å². The van der Waals surface area contributed by atoms with Gasteiger partial charge < -0.3 is 10.0 Å². The second-order valence-electron chi connectivity index (χ2n) is 5.06. The average Bonchev–Trinajstić information content (AvgIpc) is 2.88. The van der Waals surface area contributed by atoms with Gasteiger partial charge in [0.15, 0.2) is 0 Å². The van der Waals surface area contributed by atoms with Crippen molar-refractivity contribution in [2.45, 2.75) is 13.5 Å². The predicted molar refractivity (Wildman–Crippen MR) is 76.7 cm³/mol. The van der Waals surface area contributed by atoms with Crippen molar-refractivity contribution in [2.75, 3.05) is 13.6 Å². The highest BCUT2D eigenvalue weighted by Crippen LogP contribution is 2.10. The van der Waals surface area contributed by atoms with Crippen LogP contribution in [0.2, 0.25) is 0 Å². The number of carboxylic acid groups (broad SMARTS) is 1. The molecule has 0 radical (unpaired) electrons. The van der Waals surface area contributed by atoms with Crippen molar-refractivity contribution in [3.05, 3.63) is 48.3 Å². The van der Waals surface area contributed by atoms with Crippen molar-refractivity contribution >= 4 is 5.97 Å². The third-order valence-corrected chi connectivity index (χ3v) is 3.12. The molecule has 0 saturated heterocycles. The molecule has 0 aliphatic carbocycles. The van der Waals surface area contributed by atoms with E-state index in [-0.39, 0.29) is 5.92 Å². The SMILES string of the molecule is CC(CN(C)Cc1cnn(-c2ccccc2)c1)C(=O)O. The van der Waals surface area contributed by atoms with Crippen LogP contribution in [0.5, 0.6) is 0 Å². The largest absolute Gasteiger partial charge is 0.481 e. The second kappa shape index (κ2) is 6.34. The summed E-state index contributed by atoms with van der Waals surface area (Å²) in [5.41, 5.74) is 2.08. The molecule has 0 saturated carbocycles. The third-order valence-electron chi connectivity index (χ3n) is 3.12. The lowest BCUT2D eigenvalue weighted by Gasteiger charge is -2.17. The predicted octanol–water partition coefficient (Wildman–Crippen LogP) is 2.02. The molecule has 5 nitrogen and oxygen atoms in total. The molecule has 0 fully saturated rings. The van der Waals surface area contributed by atoms with Gasteiger partial charge in [-0.05, 0) is 19.2 Å². The Bertz CT molecular complexity index is 566. The number of carboxylic acids is 1. The lowest BCUT2D eigenvalue weighted by atomic mass is 10.1. The van der Waals surface area contributed by atoms with Crippen molar-refractivity contribution in [1.29, 1.82) is 0 Å². The van der Waals surface area contributed by atoms with E-state index in [4.69, 9.17) is 5.11 Å². The normalized spacial score (nSPS) is 12.6. The Morgan fingerprint density at radius 1 is 1.40 bits per heavy atom. The minimum Gasteiger partial charge on any atom is -0.481 e. The highest BCUT2D eigenvalue weighted by Gasteiger charge is 2.14. The summed E-state index contributed by atoms with van der Waals surface area (Å²) in [7, 11) is 1.92. The van der Waals surface area contributed by atoms with Gasteiger partial charge in [-0.25, -0.2) is 4.68 Å². The van der Waals surface area contributed by atoms with Crippen LogP contribution in [0.15, 0.2) is 42.7 Å². The lowest BCUT2D eigenvalue weighted by Crippen LogP contribution is -2.28. The Morgan fingerprint density at radius 2 is 2.10 bits per heavy atom. The molecule has 106 valence electrons. The van der Waals surface area contributed by atoms with Crippen LogP contribution < -0.4 is 0 Å². The molecule has 2 aromatic rings. The third kappa shape index (κ3) is 3.68. The van der Waals surface area contributed by atoms with Crippen LogP contribution in [0, 0.1) is 5.92 Å². The topological polar surface area (TPSA) is 58.4 Å². The molecule has 5 heteroatoms. The average molecular weight is 273 g/mol. The maximum Gasteiger partial charge on any atom is 0.307 e. The van der Waals surface area contributed by atoms with Gasteiger partial charge in [0.2, 0.25) is 0 Å². The number of rotatable bonds is 6. The molecule has 20 heavy (non-hydrogen) atoms. The molecule has 2 rings (SSSR count). The number of aromatic nitrogens is 2. The van der Waals surface area contributed by atoms with E-state index in [9.17, 15) is 4.79 Å². The van der Waals surface area contributed by atoms with E-state index < -0.39 is 5.97 Å². The van der Waals surface area contributed by atoms with Gasteiger partial charge in [-0.2, -0.15) is 5.10 Å². The molecule has 1 N–H and O–H groups in total. The monoisotopic (exact) mass is 273 g/mol. The number of hydrogen-bond acceptors (Lipinski definition) is 3. The molecule has 0 spiro atoms. The van der Waals surface area contributed by atoms with Gasteiger partial charge in [0.1, 0.15) is 0 Å². The lowest BCUT2D eigenvalue weighted by molar-refractivity contribution is -0.141. The number of carbonyl (C=O) groups is 1. The van der Waals surface area contributed by atoms with Gasteiger partial charge >= 0.3 is 5.97 Å². The van der Waals surface area contributed by atoms with Crippen molar-refractivity contribution in [3.8, 4) is 5.69 Å². The molecular formula is C15H19N3O2. The molecule has 1 aromatic carbocycles.